The minimum absolute atomic E-state index is 0.0597. The van der Waals surface area contributed by atoms with E-state index in [-0.39, 0.29) is 34.9 Å². The zero-order chi connectivity index (χ0) is 18.5. The van der Waals surface area contributed by atoms with Crippen LogP contribution in [0.1, 0.15) is 12.5 Å². The second kappa shape index (κ2) is 8.09. The first-order chi connectivity index (χ1) is 12.5. The van der Waals surface area contributed by atoms with Crippen molar-refractivity contribution in [3.8, 4) is 11.5 Å². The van der Waals surface area contributed by atoms with Gasteiger partial charge in [0.05, 0.1) is 10.8 Å². The van der Waals surface area contributed by atoms with Gasteiger partial charge in [0.2, 0.25) is 5.91 Å². The number of halogens is 2. The van der Waals surface area contributed by atoms with Gasteiger partial charge in [-0.15, -0.1) is 10.2 Å². The van der Waals surface area contributed by atoms with Crippen LogP contribution in [-0.4, -0.2) is 21.4 Å². The molecular weight excluding hydrogens is 360 g/mol. The van der Waals surface area contributed by atoms with Gasteiger partial charge in [-0.3, -0.25) is 4.79 Å². The molecule has 2 aromatic carbocycles. The van der Waals surface area contributed by atoms with Gasteiger partial charge < -0.3 is 9.73 Å². The zero-order valence-electron chi connectivity index (χ0n) is 13.8. The third kappa shape index (κ3) is 4.45. The molecule has 0 saturated heterocycles. The molecule has 0 unspecified atom stereocenters. The van der Waals surface area contributed by atoms with Gasteiger partial charge >= 0.3 is 0 Å². The maximum absolute atomic E-state index is 13.7. The van der Waals surface area contributed by atoms with Gasteiger partial charge in [-0.05, 0) is 36.8 Å². The van der Waals surface area contributed by atoms with Crippen LogP contribution in [0.4, 0.5) is 8.78 Å². The Labute approximate surface area is 152 Å². The Kier molecular flexibility index (Phi) is 5.62. The first kappa shape index (κ1) is 18.1. The monoisotopic (exact) mass is 375 g/mol. The molecule has 5 nitrogen and oxygen atoms in total. The number of rotatable bonds is 6. The van der Waals surface area contributed by atoms with Crippen LogP contribution in [0.15, 0.2) is 58.2 Å². The highest BCUT2D eigenvalue weighted by Crippen LogP contribution is 2.27. The SMILES string of the molecule is C[C@H](Sc1nnc(-c2ccccc2F)o1)C(=O)NCc1ccc(F)cc1. The second-order valence-electron chi connectivity index (χ2n) is 5.46. The summed E-state index contributed by atoms with van der Waals surface area (Å²) in [7, 11) is 0. The molecule has 3 rings (SSSR count). The zero-order valence-corrected chi connectivity index (χ0v) is 14.6. The molecule has 1 amide bonds. The first-order valence-corrected chi connectivity index (χ1v) is 8.68. The number of nitrogens with one attached hydrogen (secondary N) is 1. The van der Waals surface area contributed by atoms with Gasteiger partial charge in [0.15, 0.2) is 0 Å². The van der Waals surface area contributed by atoms with Crippen LogP contribution in [-0.2, 0) is 11.3 Å². The molecule has 0 bridgehead atoms. The molecule has 0 spiro atoms. The van der Waals surface area contributed by atoms with E-state index in [1.807, 2.05) is 0 Å². The Morgan fingerprint density at radius 1 is 1.15 bits per heavy atom. The van der Waals surface area contributed by atoms with Gasteiger partial charge in [-0.2, -0.15) is 0 Å². The van der Waals surface area contributed by atoms with Crippen LogP contribution in [0, 0.1) is 11.6 Å². The van der Waals surface area contributed by atoms with Gasteiger partial charge in [0.1, 0.15) is 11.6 Å². The van der Waals surface area contributed by atoms with E-state index in [2.05, 4.69) is 15.5 Å². The average Bonchev–Trinajstić information content (AvgIpc) is 3.09. The van der Waals surface area contributed by atoms with E-state index in [4.69, 9.17) is 4.42 Å². The highest BCUT2D eigenvalue weighted by molar-refractivity contribution is 8.00. The summed E-state index contributed by atoms with van der Waals surface area (Å²) in [6.45, 7) is 1.98. The van der Waals surface area contributed by atoms with E-state index >= 15 is 0 Å². The standard InChI is InChI=1S/C18H15F2N3O2S/c1-11(16(24)21-10-12-6-8-13(19)9-7-12)26-18-23-22-17(25-18)14-4-2-3-5-15(14)20/h2-9,11H,10H2,1H3,(H,21,24)/t11-/m0/s1. The molecule has 134 valence electrons. The van der Waals surface area contributed by atoms with Crippen LogP contribution in [0.3, 0.4) is 0 Å². The van der Waals surface area contributed by atoms with Crippen molar-refractivity contribution in [2.75, 3.05) is 0 Å². The first-order valence-electron chi connectivity index (χ1n) is 7.80. The van der Waals surface area contributed by atoms with Crippen molar-refractivity contribution in [2.45, 2.75) is 23.9 Å². The number of benzene rings is 2. The molecule has 1 atom stereocenters. The van der Waals surface area contributed by atoms with Crippen molar-refractivity contribution in [3.05, 3.63) is 65.7 Å². The molecule has 26 heavy (non-hydrogen) atoms. The predicted octanol–water partition coefficient (Wildman–Crippen LogP) is 3.81. The van der Waals surface area contributed by atoms with Crippen molar-refractivity contribution in [1.82, 2.24) is 15.5 Å². The third-order valence-electron chi connectivity index (χ3n) is 3.54. The highest BCUT2D eigenvalue weighted by Gasteiger charge is 2.19. The quantitative estimate of drug-likeness (QED) is 0.664. The van der Waals surface area contributed by atoms with Crippen LogP contribution in [0.5, 0.6) is 0 Å². The molecule has 0 aliphatic carbocycles. The number of hydrogen-bond donors (Lipinski definition) is 1. The molecule has 0 radical (unpaired) electrons. The fraction of sp³-hybridized carbons (Fsp3) is 0.167. The lowest BCUT2D eigenvalue weighted by atomic mass is 10.2. The molecule has 1 heterocycles. The largest absolute Gasteiger partial charge is 0.411 e. The smallest absolute Gasteiger partial charge is 0.277 e. The topological polar surface area (TPSA) is 68.0 Å². The number of carbonyl (C=O) groups excluding carboxylic acids is 1. The molecule has 3 aromatic rings. The van der Waals surface area contributed by atoms with E-state index in [1.54, 1.807) is 31.2 Å². The van der Waals surface area contributed by atoms with Gasteiger partial charge in [-0.1, -0.05) is 36.0 Å². The molecule has 8 heteroatoms. The maximum atomic E-state index is 13.7. The average molecular weight is 375 g/mol. The van der Waals surface area contributed by atoms with Crippen LogP contribution in [0.25, 0.3) is 11.5 Å². The van der Waals surface area contributed by atoms with Crippen LogP contribution >= 0.6 is 11.8 Å². The fourth-order valence-corrected chi connectivity index (χ4v) is 2.85. The van der Waals surface area contributed by atoms with Gasteiger partial charge in [0.25, 0.3) is 11.1 Å². The number of amides is 1. The lowest BCUT2D eigenvalue weighted by Crippen LogP contribution is -2.30. The van der Waals surface area contributed by atoms with Crippen molar-refractivity contribution < 1.29 is 18.0 Å². The summed E-state index contributed by atoms with van der Waals surface area (Å²) in [5.41, 5.74) is 0.997. The van der Waals surface area contributed by atoms with E-state index in [9.17, 15) is 13.6 Å². The number of hydrogen-bond acceptors (Lipinski definition) is 5. The summed E-state index contributed by atoms with van der Waals surface area (Å²) >= 11 is 1.08. The maximum Gasteiger partial charge on any atom is 0.277 e. The molecule has 0 aliphatic heterocycles. The van der Waals surface area contributed by atoms with Crippen LogP contribution in [0.2, 0.25) is 0 Å². The Bertz CT molecular complexity index is 899. The third-order valence-corrected chi connectivity index (χ3v) is 4.47. The van der Waals surface area contributed by atoms with E-state index < -0.39 is 11.1 Å². The van der Waals surface area contributed by atoms with Gasteiger partial charge in [0, 0.05) is 6.54 Å². The minimum atomic E-state index is -0.496. The summed E-state index contributed by atoms with van der Waals surface area (Å²) in [5.74, 6) is -0.960. The van der Waals surface area contributed by atoms with Crippen molar-refractivity contribution in [3.63, 3.8) is 0 Å². The molecule has 0 aliphatic rings. The highest BCUT2D eigenvalue weighted by atomic mass is 32.2. The Balaban J connectivity index is 1.57. The molecule has 1 N–H and O–H groups in total. The van der Waals surface area contributed by atoms with E-state index in [1.165, 1.54) is 24.3 Å². The molecule has 1 aromatic heterocycles. The number of thioether (sulfide) groups is 1. The van der Waals surface area contributed by atoms with E-state index in [0.717, 1.165) is 17.3 Å². The van der Waals surface area contributed by atoms with Crippen LogP contribution < -0.4 is 5.32 Å². The van der Waals surface area contributed by atoms with Crippen molar-refractivity contribution >= 4 is 17.7 Å². The number of aromatic nitrogens is 2. The summed E-state index contributed by atoms with van der Waals surface area (Å²) in [4.78, 5) is 12.2. The lowest BCUT2D eigenvalue weighted by molar-refractivity contribution is -0.120. The minimum Gasteiger partial charge on any atom is -0.411 e. The summed E-state index contributed by atoms with van der Waals surface area (Å²) < 4.78 is 32.0. The Morgan fingerprint density at radius 2 is 1.88 bits per heavy atom. The number of carbonyl (C=O) groups is 1. The fourth-order valence-electron chi connectivity index (χ4n) is 2.14. The Morgan fingerprint density at radius 3 is 2.62 bits per heavy atom. The summed E-state index contributed by atoms with van der Waals surface area (Å²) in [5, 5.41) is 10.1. The molecule has 0 saturated carbocycles. The Hall–Kier alpha value is -2.74. The molecular formula is C18H15F2N3O2S. The van der Waals surface area contributed by atoms with Crippen molar-refractivity contribution in [1.29, 1.82) is 0 Å². The summed E-state index contributed by atoms with van der Waals surface area (Å²) in [6, 6.07) is 12.0. The number of nitrogens with zero attached hydrogens (tertiary/aromatic N) is 2. The normalized spacial score (nSPS) is 12.0. The van der Waals surface area contributed by atoms with E-state index in [0.29, 0.717) is 0 Å². The predicted molar refractivity (Wildman–Crippen MR) is 93.3 cm³/mol. The second-order valence-corrected chi connectivity index (χ2v) is 6.75. The van der Waals surface area contributed by atoms with Gasteiger partial charge in [-0.25, -0.2) is 8.78 Å². The lowest BCUT2D eigenvalue weighted by Gasteiger charge is -2.09. The molecule has 0 fully saturated rings. The van der Waals surface area contributed by atoms with Crippen molar-refractivity contribution in [2.24, 2.45) is 0 Å². The summed E-state index contributed by atoms with van der Waals surface area (Å²) in [6.07, 6.45) is 0.